The highest BCUT2D eigenvalue weighted by molar-refractivity contribution is 5.97. The van der Waals surface area contributed by atoms with Crippen molar-refractivity contribution in [2.24, 2.45) is 0 Å². The molecule has 0 saturated heterocycles. The Morgan fingerprint density at radius 3 is 2.74 bits per heavy atom. The maximum atomic E-state index is 13.6. The van der Waals surface area contributed by atoms with Gasteiger partial charge in [-0.1, -0.05) is 29.5 Å². The summed E-state index contributed by atoms with van der Waals surface area (Å²) in [5.41, 5.74) is 5.34. The molecule has 0 radical (unpaired) electrons. The minimum Gasteiger partial charge on any atom is -0.495 e. The molecule has 2 aromatic heterocycles. The van der Waals surface area contributed by atoms with E-state index in [0.29, 0.717) is 24.5 Å². The molecule has 0 aliphatic carbocycles. The van der Waals surface area contributed by atoms with Crippen molar-refractivity contribution in [1.82, 2.24) is 24.5 Å². The zero-order valence-electron chi connectivity index (χ0n) is 20.1. The van der Waals surface area contributed by atoms with Crippen LogP contribution in [0.5, 0.6) is 5.75 Å². The number of benzene rings is 2. The van der Waals surface area contributed by atoms with E-state index in [4.69, 9.17) is 9.47 Å². The summed E-state index contributed by atoms with van der Waals surface area (Å²) in [6.45, 7) is 4.60. The molecule has 4 aromatic rings. The number of ether oxygens (including phenoxy) is 2. The number of nitrogens with zero attached hydrogens (tertiary/aromatic N) is 6. The lowest BCUT2D eigenvalue weighted by atomic mass is 10.1. The van der Waals surface area contributed by atoms with Crippen molar-refractivity contribution in [3.63, 3.8) is 0 Å². The number of anilines is 1. The SMILES string of the molecule is CCOCN1C(=O)C(n2cc(-c3ccc(-n4cnc(C)c4)c(OC)c3)nn2)CCc2ccccc21. The molecule has 1 amide bonds. The number of para-hydroxylation sites is 1. The number of carbonyl (C=O) groups excluding carboxylic acids is 1. The summed E-state index contributed by atoms with van der Waals surface area (Å²) >= 11 is 0. The van der Waals surface area contributed by atoms with E-state index in [9.17, 15) is 4.79 Å². The van der Waals surface area contributed by atoms with Crippen LogP contribution in [0, 0.1) is 6.92 Å². The zero-order valence-corrected chi connectivity index (χ0v) is 20.1. The van der Waals surface area contributed by atoms with Crippen molar-refractivity contribution in [2.75, 3.05) is 25.3 Å². The first-order valence-electron chi connectivity index (χ1n) is 11.7. The molecule has 9 heteroatoms. The molecule has 0 saturated carbocycles. The number of aromatic nitrogens is 5. The Bertz CT molecular complexity index is 1340. The highest BCUT2D eigenvalue weighted by Gasteiger charge is 2.32. The van der Waals surface area contributed by atoms with Crippen molar-refractivity contribution in [3.05, 3.63) is 72.4 Å². The summed E-state index contributed by atoms with van der Waals surface area (Å²) in [4.78, 5) is 19.6. The Kier molecular flexibility index (Phi) is 6.33. The van der Waals surface area contributed by atoms with Gasteiger partial charge in [-0.2, -0.15) is 0 Å². The summed E-state index contributed by atoms with van der Waals surface area (Å²) < 4.78 is 14.9. The molecule has 1 atom stereocenters. The average Bonchev–Trinajstić information content (AvgIpc) is 3.51. The summed E-state index contributed by atoms with van der Waals surface area (Å²) in [6, 6.07) is 13.4. The van der Waals surface area contributed by atoms with Crippen LogP contribution in [-0.2, 0) is 16.0 Å². The number of methoxy groups -OCH3 is 1. The van der Waals surface area contributed by atoms with Crippen LogP contribution in [0.15, 0.2) is 61.2 Å². The number of hydrogen-bond acceptors (Lipinski definition) is 6. The van der Waals surface area contributed by atoms with Crippen LogP contribution in [0.2, 0.25) is 0 Å². The molecular formula is C26H28N6O3. The number of amides is 1. The maximum Gasteiger partial charge on any atom is 0.253 e. The van der Waals surface area contributed by atoms with Crippen molar-refractivity contribution in [1.29, 1.82) is 0 Å². The van der Waals surface area contributed by atoms with Crippen LogP contribution in [0.3, 0.4) is 0 Å². The van der Waals surface area contributed by atoms with Gasteiger partial charge in [0.15, 0.2) is 0 Å². The Hall–Kier alpha value is -3.98. The lowest BCUT2D eigenvalue weighted by Crippen LogP contribution is -2.38. The normalized spacial score (nSPS) is 15.7. The van der Waals surface area contributed by atoms with Crippen LogP contribution in [0.1, 0.15) is 30.6 Å². The number of imidazole rings is 1. The first-order valence-corrected chi connectivity index (χ1v) is 11.7. The van der Waals surface area contributed by atoms with Gasteiger partial charge in [0.25, 0.3) is 5.91 Å². The van der Waals surface area contributed by atoms with Gasteiger partial charge in [-0.25, -0.2) is 9.67 Å². The Balaban J connectivity index is 1.44. The fourth-order valence-corrected chi connectivity index (χ4v) is 4.43. The van der Waals surface area contributed by atoms with E-state index in [1.54, 1.807) is 23.0 Å². The fraction of sp³-hybridized carbons (Fsp3) is 0.308. The maximum absolute atomic E-state index is 13.6. The van der Waals surface area contributed by atoms with Crippen molar-refractivity contribution in [3.8, 4) is 22.7 Å². The third-order valence-corrected chi connectivity index (χ3v) is 6.24. The third-order valence-electron chi connectivity index (χ3n) is 6.24. The second-order valence-corrected chi connectivity index (χ2v) is 8.46. The lowest BCUT2D eigenvalue weighted by Gasteiger charge is -2.25. The van der Waals surface area contributed by atoms with E-state index in [2.05, 4.69) is 21.4 Å². The summed E-state index contributed by atoms with van der Waals surface area (Å²) in [5.74, 6) is 0.640. The van der Waals surface area contributed by atoms with Gasteiger partial charge in [-0.05, 0) is 50.5 Å². The molecule has 35 heavy (non-hydrogen) atoms. The first-order chi connectivity index (χ1) is 17.1. The van der Waals surface area contributed by atoms with Crippen LogP contribution in [0.25, 0.3) is 16.9 Å². The number of fused-ring (bicyclic) bond motifs is 1. The highest BCUT2D eigenvalue weighted by Crippen LogP contribution is 2.33. The van der Waals surface area contributed by atoms with E-state index < -0.39 is 6.04 Å². The third kappa shape index (κ3) is 4.42. The molecule has 3 heterocycles. The Labute approximate surface area is 203 Å². The molecule has 1 aliphatic rings. The number of rotatable bonds is 7. The molecule has 2 aromatic carbocycles. The predicted octanol–water partition coefficient (Wildman–Crippen LogP) is 3.96. The van der Waals surface area contributed by atoms with E-state index in [-0.39, 0.29) is 12.6 Å². The Morgan fingerprint density at radius 2 is 1.97 bits per heavy atom. The smallest absolute Gasteiger partial charge is 0.253 e. The molecule has 0 bridgehead atoms. The quantitative estimate of drug-likeness (QED) is 0.405. The zero-order chi connectivity index (χ0) is 24.4. The molecule has 0 fully saturated rings. The topological polar surface area (TPSA) is 87.3 Å². The molecular weight excluding hydrogens is 444 g/mol. The summed E-state index contributed by atoms with van der Waals surface area (Å²) in [6.07, 6.45) is 6.91. The highest BCUT2D eigenvalue weighted by atomic mass is 16.5. The molecule has 1 unspecified atom stereocenters. The molecule has 9 nitrogen and oxygen atoms in total. The fourth-order valence-electron chi connectivity index (χ4n) is 4.43. The van der Waals surface area contributed by atoms with Gasteiger partial charge in [0, 0.05) is 24.1 Å². The van der Waals surface area contributed by atoms with Crippen molar-refractivity contribution >= 4 is 11.6 Å². The van der Waals surface area contributed by atoms with E-state index in [1.807, 2.05) is 67.2 Å². The monoisotopic (exact) mass is 472 g/mol. The number of aryl methyl sites for hydroxylation is 2. The van der Waals surface area contributed by atoms with Crippen LogP contribution >= 0.6 is 0 Å². The van der Waals surface area contributed by atoms with Gasteiger partial charge in [0.05, 0.1) is 31.0 Å². The number of carbonyl (C=O) groups is 1. The van der Waals surface area contributed by atoms with Crippen LogP contribution in [-0.4, -0.2) is 50.9 Å². The molecule has 0 spiro atoms. The van der Waals surface area contributed by atoms with Gasteiger partial charge in [-0.3, -0.25) is 9.69 Å². The minimum absolute atomic E-state index is 0.0525. The lowest BCUT2D eigenvalue weighted by molar-refractivity contribution is -0.123. The molecule has 5 rings (SSSR count). The van der Waals surface area contributed by atoms with Gasteiger partial charge >= 0.3 is 0 Å². The van der Waals surface area contributed by atoms with Crippen molar-refractivity contribution in [2.45, 2.75) is 32.7 Å². The van der Waals surface area contributed by atoms with E-state index in [1.165, 1.54) is 0 Å². The molecule has 0 N–H and O–H groups in total. The van der Waals surface area contributed by atoms with Gasteiger partial charge in [0.1, 0.15) is 24.2 Å². The Morgan fingerprint density at radius 1 is 1.11 bits per heavy atom. The van der Waals surface area contributed by atoms with Crippen LogP contribution < -0.4 is 9.64 Å². The first kappa shape index (κ1) is 22.8. The van der Waals surface area contributed by atoms with E-state index >= 15 is 0 Å². The van der Waals surface area contributed by atoms with Gasteiger partial charge in [-0.15, -0.1) is 5.10 Å². The minimum atomic E-state index is -0.473. The van der Waals surface area contributed by atoms with Gasteiger partial charge in [0.2, 0.25) is 0 Å². The standard InChI is InChI=1S/C26H28N6O3/c1-4-35-17-31-22-8-6-5-7-19(22)9-12-24(26(31)33)32-15-21(28-29-32)20-10-11-23(25(13-20)34-3)30-14-18(2)27-16-30/h5-8,10-11,13-16,24H,4,9,12,17H2,1-3H3. The summed E-state index contributed by atoms with van der Waals surface area (Å²) in [5, 5.41) is 8.73. The van der Waals surface area contributed by atoms with Crippen molar-refractivity contribution < 1.29 is 14.3 Å². The second-order valence-electron chi connectivity index (χ2n) is 8.46. The molecule has 180 valence electrons. The number of hydrogen-bond donors (Lipinski definition) is 0. The average molecular weight is 473 g/mol. The predicted molar refractivity (Wildman–Crippen MR) is 132 cm³/mol. The van der Waals surface area contributed by atoms with E-state index in [0.717, 1.165) is 34.6 Å². The van der Waals surface area contributed by atoms with Gasteiger partial charge < -0.3 is 14.0 Å². The molecule has 1 aliphatic heterocycles. The van der Waals surface area contributed by atoms with Crippen LogP contribution in [0.4, 0.5) is 5.69 Å². The summed E-state index contributed by atoms with van der Waals surface area (Å²) in [7, 11) is 1.64. The second kappa shape index (κ2) is 9.71. The largest absolute Gasteiger partial charge is 0.495 e.